The molecule has 0 aromatic heterocycles. The number of likely N-dealkylation sites (tertiary alicyclic amines) is 1. The van der Waals surface area contributed by atoms with Gasteiger partial charge in [0.15, 0.2) is 0 Å². The summed E-state index contributed by atoms with van der Waals surface area (Å²) < 4.78 is 17.0. The number of carbonyl (C=O) groups is 1. The van der Waals surface area contributed by atoms with Gasteiger partial charge in [-0.1, -0.05) is 0 Å². The van der Waals surface area contributed by atoms with E-state index < -0.39 is 5.60 Å². The van der Waals surface area contributed by atoms with Crippen molar-refractivity contribution in [2.75, 3.05) is 33.9 Å². The molecule has 0 spiro atoms. The highest BCUT2D eigenvalue weighted by atomic mass is 79.9. The summed E-state index contributed by atoms with van der Waals surface area (Å²) in [7, 11) is 3.11. The van der Waals surface area contributed by atoms with Crippen LogP contribution < -0.4 is 20.5 Å². The molecule has 1 atom stereocenters. The Balaban J connectivity index is 1.74. The molecule has 1 unspecified atom stereocenters. The maximum absolute atomic E-state index is 12.4. The van der Waals surface area contributed by atoms with Crippen molar-refractivity contribution in [3.05, 3.63) is 27.7 Å². The van der Waals surface area contributed by atoms with Gasteiger partial charge in [-0.05, 0) is 74.0 Å². The first kappa shape index (κ1) is 26.7. The van der Waals surface area contributed by atoms with Gasteiger partial charge in [0.1, 0.15) is 39.1 Å². The lowest BCUT2D eigenvalue weighted by molar-refractivity contribution is 0.0170. The smallest absolute Gasteiger partial charge is 0.410 e. The predicted molar refractivity (Wildman–Crippen MR) is 138 cm³/mol. The molecule has 10 heteroatoms. The average molecular weight is 548 g/mol. The number of ether oxygens (including phenoxy) is 3. The molecule has 2 aliphatic heterocycles. The lowest BCUT2D eigenvalue weighted by Gasteiger charge is -2.38. The van der Waals surface area contributed by atoms with Gasteiger partial charge in [-0.3, -0.25) is 4.99 Å². The van der Waals surface area contributed by atoms with Crippen LogP contribution in [0.15, 0.2) is 27.2 Å². The minimum absolute atomic E-state index is 0.147. The van der Waals surface area contributed by atoms with Gasteiger partial charge in [-0.2, -0.15) is 5.26 Å². The zero-order valence-corrected chi connectivity index (χ0v) is 22.6. The molecule has 0 bridgehead atoms. The summed E-state index contributed by atoms with van der Waals surface area (Å²) in [5.74, 6) is 1.95. The van der Waals surface area contributed by atoms with Crippen LogP contribution in [0.3, 0.4) is 0 Å². The molecular weight excluding hydrogens is 514 g/mol. The van der Waals surface area contributed by atoms with Gasteiger partial charge >= 0.3 is 6.09 Å². The number of aliphatic imine (C=N–C) groups is 1. The number of nitrogens with two attached hydrogens (primary N) is 1. The molecule has 1 fully saturated rings. The summed E-state index contributed by atoms with van der Waals surface area (Å²) >= 11 is 3.45. The molecular formula is C25H34BrN5O4. The van der Waals surface area contributed by atoms with E-state index in [9.17, 15) is 10.1 Å². The first-order valence-corrected chi connectivity index (χ1v) is 12.5. The van der Waals surface area contributed by atoms with Crippen molar-refractivity contribution < 1.29 is 19.0 Å². The fourth-order valence-corrected chi connectivity index (χ4v) is 4.89. The predicted octanol–water partition coefficient (Wildman–Crippen LogP) is 4.07. The number of methoxy groups -OCH3 is 2. The average Bonchev–Trinajstić information content (AvgIpc) is 2.84. The van der Waals surface area contributed by atoms with Crippen molar-refractivity contribution in [2.45, 2.75) is 51.7 Å². The molecule has 0 saturated carbocycles. The Morgan fingerprint density at radius 2 is 1.80 bits per heavy atom. The number of nitrogens with zero attached hydrogens (tertiary/aromatic N) is 3. The van der Waals surface area contributed by atoms with E-state index in [0.717, 1.165) is 19.3 Å². The van der Waals surface area contributed by atoms with Gasteiger partial charge < -0.3 is 30.2 Å². The quantitative estimate of drug-likeness (QED) is 0.532. The number of amidine groups is 1. The van der Waals surface area contributed by atoms with Gasteiger partial charge in [-0.15, -0.1) is 0 Å². The summed E-state index contributed by atoms with van der Waals surface area (Å²) in [6.07, 6.45) is 2.30. The molecule has 35 heavy (non-hydrogen) atoms. The Hall–Kier alpha value is -2.93. The Morgan fingerprint density at radius 3 is 2.31 bits per heavy atom. The number of benzene rings is 1. The largest absolute Gasteiger partial charge is 0.495 e. The lowest BCUT2D eigenvalue weighted by Crippen LogP contribution is -2.49. The SMILES string of the molecule is COc1cc(C(N)=C(C#N)C2=NCCC(C3CCN(C(=O)OC(C)(C)C)CC3)N2)cc(OC)c1Br. The van der Waals surface area contributed by atoms with E-state index in [1.807, 2.05) is 20.8 Å². The Labute approximate surface area is 215 Å². The highest BCUT2D eigenvalue weighted by molar-refractivity contribution is 9.10. The zero-order valence-electron chi connectivity index (χ0n) is 21.0. The standard InChI is InChI=1S/C25H34BrN5O4/c1-25(2,3)35-24(32)31-10-7-15(8-11-31)18-6-9-29-23(30-18)17(14-27)22(28)16-12-19(33-4)21(26)20(13-16)34-5/h12-13,15,18H,6-11,28H2,1-5H3,(H,29,30). The van der Waals surface area contributed by atoms with Crippen molar-refractivity contribution in [1.82, 2.24) is 10.2 Å². The summed E-state index contributed by atoms with van der Waals surface area (Å²) in [4.78, 5) is 18.7. The van der Waals surface area contributed by atoms with E-state index in [4.69, 9.17) is 19.9 Å². The summed E-state index contributed by atoms with van der Waals surface area (Å²) in [6, 6.07) is 5.88. The molecule has 1 saturated heterocycles. The van der Waals surface area contributed by atoms with Crippen LogP contribution in [0.25, 0.3) is 5.70 Å². The van der Waals surface area contributed by atoms with Crippen molar-refractivity contribution in [1.29, 1.82) is 5.26 Å². The normalized spacial score (nSPS) is 19.6. The Kier molecular flexibility index (Phi) is 8.54. The van der Waals surface area contributed by atoms with Crippen LogP contribution in [0.5, 0.6) is 11.5 Å². The van der Waals surface area contributed by atoms with Crippen LogP contribution in [0.2, 0.25) is 0 Å². The molecule has 2 heterocycles. The molecule has 3 N–H and O–H groups in total. The molecule has 3 rings (SSSR count). The fraction of sp³-hybridized carbons (Fsp3) is 0.560. The first-order chi connectivity index (χ1) is 16.6. The van der Waals surface area contributed by atoms with E-state index in [1.165, 1.54) is 0 Å². The van der Waals surface area contributed by atoms with Crippen molar-refractivity contribution in [2.24, 2.45) is 16.6 Å². The van der Waals surface area contributed by atoms with Gasteiger partial charge in [0, 0.05) is 31.2 Å². The number of hydrogen-bond acceptors (Lipinski definition) is 8. The highest BCUT2D eigenvalue weighted by Crippen LogP contribution is 2.37. The van der Waals surface area contributed by atoms with Crippen LogP contribution in [0, 0.1) is 17.2 Å². The van der Waals surface area contributed by atoms with Crippen LogP contribution in [0.1, 0.15) is 45.6 Å². The van der Waals surface area contributed by atoms with Crippen LogP contribution >= 0.6 is 15.9 Å². The Morgan fingerprint density at radius 1 is 1.20 bits per heavy atom. The first-order valence-electron chi connectivity index (χ1n) is 11.7. The van der Waals surface area contributed by atoms with Gasteiger partial charge in [0.2, 0.25) is 0 Å². The maximum atomic E-state index is 12.4. The molecule has 9 nitrogen and oxygen atoms in total. The molecule has 0 radical (unpaired) electrons. The zero-order chi connectivity index (χ0) is 25.8. The van der Waals surface area contributed by atoms with E-state index in [0.29, 0.717) is 58.6 Å². The summed E-state index contributed by atoms with van der Waals surface area (Å²) in [5.41, 5.74) is 7.13. The van der Waals surface area contributed by atoms with Gasteiger partial charge in [0.05, 0.1) is 19.9 Å². The number of rotatable bonds is 5. The second-order valence-electron chi connectivity index (χ2n) is 9.67. The van der Waals surface area contributed by atoms with Gasteiger partial charge in [-0.25, -0.2) is 4.79 Å². The van der Waals surface area contributed by atoms with Crippen LogP contribution in [-0.4, -0.2) is 62.3 Å². The third-order valence-corrected chi connectivity index (χ3v) is 6.95. The second kappa shape index (κ2) is 11.2. The minimum Gasteiger partial charge on any atom is -0.495 e. The lowest BCUT2D eigenvalue weighted by atomic mass is 9.86. The number of nitriles is 1. The molecule has 190 valence electrons. The number of carbonyl (C=O) groups excluding carboxylic acids is 1. The molecule has 1 amide bonds. The topological polar surface area (TPSA) is 122 Å². The van der Waals surface area contributed by atoms with Crippen LogP contribution in [0.4, 0.5) is 4.79 Å². The monoisotopic (exact) mass is 547 g/mol. The van der Waals surface area contributed by atoms with E-state index >= 15 is 0 Å². The van der Waals surface area contributed by atoms with E-state index in [1.54, 1.807) is 31.3 Å². The number of halogens is 1. The number of amides is 1. The highest BCUT2D eigenvalue weighted by Gasteiger charge is 2.33. The van der Waals surface area contributed by atoms with Gasteiger partial charge in [0.25, 0.3) is 0 Å². The van der Waals surface area contributed by atoms with E-state index in [-0.39, 0.29) is 17.7 Å². The summed E-state index contributed by atoms with van der Waals surface area (Å²) in [6.45, 7) is 7.51. The molecule has 0 aliphatic carbocycles. The van der Waals surface area contributed by atoms with Crippen molar-refractivity contribution >= 4 is 33.6 Å². The third kappa shape index (κ3) is 6.40. The molecule has 1 aromatic carbocycles. The molecule has 1 aromatic rings. The van der Waals surface area contributed by atoms with Crippen molar-refractivity contribution in [3.63, 3.8) is 0 Å². The maximum Gasteiger partial charge on any atom is 0.410 e. The Bertz CT molecular complexity index is 1020. The van der Waals surface area contributed by atoms with Crippen molar-refractivity contribution in [3.8, 4) is 17.6 Å². The molecule has 2 aliphatic rings. The summed E-state index contributed by atoms with van der Waals surface area (Å²) in [5, 5.41) is 13.4. The second-order valence-corrected chi connectivity index (χ2v) is 10.5. The van der Waals surface area contributed by atoms with Crippen LogP contribution in [-0.2, 0) is 4.74 Å². The third-order valence-electron chi connectivity index (χ3n) is 6.17. The number of nitrogens with one attached hydrogen (secondary N) is 1. The number of piperidine rings is 1. The fourth-order valence-electron chi connectivity index (χ4n) is 4.33. The number of hydrogen-bond donors (Lipinski definition) is 2. The minimum atomic E-state index is -0.507. The van der Waals surface area contributed by atoms with E-state index in [2.05, 4.69) is 32.3 Å².